The fraction of sp³-hybridized carbons (Fsp3) is 0.846. The monoisotopic (exact) mass is 303 g/mol. The van der Waals surface area contributed by atoms with Gasteiger partial charge in [-0.3, -0.25) is 4.90 Å². The van der Waals surface area contributed by atoms with Crippen molar-refractivity contribution in [3.8, 4) is 0 Å². The normalized spacial score (nSPS) is 21.3. The third-order valence-electron chi connectivity index (χ3n) is 4.24. The molecule has 0 radical (unpaired) electrons. The summed E-state index contributed by atoms with van der Waals surface area (Å²) < 4.78 is 39.6. The van der Waals surface area contributed by atoms with Crippen LogP contribution in [-0.4, -0.2) is 44.8 Å². The van der Waals surface area contributed by atoms with E-state index in [-0.39, 0.29) is 0 Å². The largest absolute Gasteiger partial charge is 0.451 e. The molecule has 118 valence electrons. The average molecular weight is 303 g/mol. The number of halogens is 3. The summed E-state index contributed by atoms with van der Waals surface area (Å²) >= 11 is 0. The van der Waals surface area contributed by atoms with Crippen LogP contribution in [0.4, 0.5) is 13.2 Å². The van der Waals surface area contributed by atoms with Gasteiger partial charge in [0.15, 0.2) is 0 Å². The van der Waals surface area contributed by atoms with Crippen molar-refractivity contribution in [3.05, 3.63) is 11.6 Å². The molecule has 1 fully saturated rings. The molecule has 1 N–H and O–H groups in total. The molecule has 21 heavy (non-hydrogen) atoms. The quantitative estimate of drug-likeness (QED) is 0.898. The summed E-state index contributed by atoms with van der Waals surface area (Å²) in [5.41, 5.74) is 0. The van der Waals surface area contributed by atoms with Crippen LogP contribution in [0.25, 0.3) is 0 Å². The molecule has 8 heteroatoms. The van der Waals surface area contributed by atoms with E-state index in [9.17, 15) is 13.2 Å². The molecule has 1 aromatic heterocycles. The van der Waals surface area contributed by atoms with E-state index in [0.717, 1.165) is 13.0 Å². The van der Waals surface area contributed by atoms with Crippen LogP contribution in [0.1, 0.15) is 37.8 Å². The molecular weight excluding hydrogens is 283 g/mol. The Hall–Kier alpha value is -1.15. The van der Waals surface area contributed by atoms with Crippen LogP contribution in [-0.2, 0) is 19.3 Å². The summed E-state index contributed by atoms with van der Waals surface area (Å²) in [6.07, 6.45) is -0.982. The van der Waals surface area contributed by atoms with Crippen molar-refractivity contribution in [2.45, 2.75) is 57.5 Å². The Balaban J connectivity index is 1.67. The Morgan fingerprint density at radius 1 is 1.29 bits per heavy atom. The maximum atomic E-state index is 12.8. The molecule has 0 aromatic carbocycles. The molecule has 1 saturated carbocycles. The number of hydrogen-bond donors (Lipinski definition) is 1. The van der Waals surface area contributed by atoms with Gasteiger partial charge in [0.2, 0.25) is 5.82 Å². The van der Waals surface area contributed by atoms with E-state index in [2.05, 4.69) is 27.3 Å². The maximum absolute atomic E-state index is 12.8. The summed E-state index contributed by atoms with van der Waals surface area (Å²) in [5, 5.41) is 10.5. The number of nitrogens with zero attached hydrogens (tertiary/aromatic N) is 4. The van der Waals surface area contributed by atoms with Crippen molar-refractivity contribution < 1.29 is 13.2 Å². The molecule has 0 bridgehead atoms. The van der Waals surface area contributed by atoms with Crippen molar-refractivity contribution in [3.63, 3.8) is 0 Å². The Morgan fingerprint density at radius 3 is 2.67 bits per heavy atom. The number of alkyl halides is 3. The molecule has 1 aliphatic heterocycles. The van der Waals surface area contributed by atoms with Crippen molar-refractivity contribution in [1.29, 1.82) is 0 Å². The summed E-state index contributed by atoms with van der Waals surface area (Å²) in [5.74, 6) is -0.459. The zero-order valence-corrected chi connectivity index (χ0v) is 12.0. The van der Waals surface area contributed by atoms with Crippen LogP contribution >= 0.6 is 0 Å². The second-order valence-corrected chi connectivity index (χ2v) is 5.80. The summed E-state index contributed by atoms with van der Waals surface area (Å²) in [6, 6.07) is 0.981. The predicted octanol–water partition coefficient (Wildman–Crippen LogP) is 1.64. The van der Waals surface area contributed by atoms with Crippen molar-refractivity contribution >= 4 is 0 Å². The Kier molecular flexibility index (Phi) is 3.92. The lowest BCUT2D eigenvalue weighted by Gasteiger charge is -2.34. The number of nitrogens with one attached hydrogen (secondary N) is 1. The lowest BCUT2D eigenvalue weighted by Crippen LogP contribution is -2.46. The zero-order valence-electron chi connectivity index (χ0n) is 12.0. The standard InChI is InChI=1S/C13H20F3N5/c1-2-10(7-17-9-3-4-9)20-5-6-21-11(8-20)18-19-12(21)13(14,15)16/h9-10,17H,2-8H2,1H3. The van der Waals surface area contributed by atoms with Crippen LogP contribution < -0.4 is 5.32 Å². The molecule has 3 rings (SSSR count). The molecule has 1 aromatic rings. The van der Waals surface area contributed by atoms with Gasteiger partial charge in [0.25, 0.3) is 0 Å². The highest BCUT2D eigenvalue weighted by molar-refractivity contribution is 5.03. The van der Waals surface area contributed by atoms with Gasteiger partial charge in [-0.05, 0) is 19.3 Å². The van der Waals surface area contributed by atoms with Crippen molar-refractivity contribution in [1.82, 2.24) is 25.0 Å². The molecule has 1 unspecified atom stereocenters. The zero-order chi connectivity index (χ0) is 15.0. The van der Waals surface area contributed by atoms with E-state index >= 15 is 0 Å². The smallest absolute Gasteiger partial charge is 0.312 e. The van der Waals surface area contributed by atoms with E-state index < -0.39 is 12.0 Å². The fourth-order valence-corrected chi connectivity index (χ4v) is 2.82. The number of rotatable bonds is 5. The Morgan fingerprint density at radius 2 is 2.05 bits per heavy atom. The molecule has 2 heterocycles. The van der Waals surface area contributed by atoms with E-state index in [0.29, 0.717) is 37.5 Å². The molecule has 1 aliphatic carbocycles. The average Bonchev–Trinajstić information content (AvgIpc) is 3.15. The minimum Gasteiger partial charge on any atom is -0.312 e. The topological polar surface area (TPSA) is 46.0 Å². The third kappa shape index (κ3) is 3.21. The lowest BCUT2D eigenvalue weighted by molar-refractivity contribution is -0.148. The fourth-order valence-electron chi connectivity index (χ4n) is 2.82. The Bertz CT molecular complexity index is 494. The molecule has 5 nitrogen and oxygen atoms in total. The molecule has 2 aliphatic rings. The first-order valence-electron chi connectivity index (χ1n) is 7.45. The van der Waals surface area contributed by atoms with Gasteiger partial charge in [-0.25, -0.2) is 0 Å². The van der Waals surface area contributed by atoms with Gasteiger partial charge >= 0.3 is 6.18 Å². The van der Waals surface area contributed by atoms with Gasteiger partial charge in [-0.2, -0.15) is 13.2 Å². The summed E-state index contributed by atoms with van der Waals surface area (Å²) in [6.45, 7) is 4.35. The van der Waals surface area contributed by atoms with E-state index in [4.69, 9.17) is 0 Å². The SMILES string of the molecule is CCC(CNC1CC1)N1CCn2c(nnc2C(F)(F)F)C1. The molecule has 0 amide bonds. The van der Waals surface area contributed by atoms with Crippen molar-refractivity contribution in [2.75, 3.05) is 13.1 Å². The highest BCUT2D eigenvalue weighted by Crippen LogP contribution is 2.30. The molecule has 0 spiro atoms. The minimum atomic E-state index is -4.43. The van der Waals surface area contributed by atoms with Gasteiger partial charge in [-0.15, -0.1) is 10.2 Å². The number of fused-ring (bicyclic) bond motifs is 1. The van der Waals surface area contributed by atoms with Gasteiger partial charge in [0, 0.05) is 31.7 Å². The van der Waals surface area contributed by atoms with E-state index in [1.807, 2.05) is 0 Å². The highest BCUT2D eigenvalue weighted by atomic mass is 19.4. The first kappa shape index (κ1) is 14.8. The minimum absolute atomic E-state index is 0.303. The predicted molar refractivity (Wildman–Crippen MR) is 70.5 cm³/mol. The second kappa shape index (κ2) is 5.57. The van der Waals surface area contributed by atoms with Gasteiger partial charge in [0.05, 0.1) is 6.54 Å². The molecule has 1 atom stereocenters. The lowest BCUT2D eigenvalue weighted by atomic mass is 10.1. The van der Waals surface area contributed by atoms with Gasteiger partial charge < -0.3 is 9.88 Å². The molecular formula is C13H20F3N5. The van der Waals surface area contributed by atoms with Crippen molar-refractivity contribution in [2.24, 2.45) is 0 Å². The van der Waals surface area contributed by atoms with Gasteiger partial charge in [0.1, 0.15) is 5.82 Å². The highest BCUT2D eigenvalue weighted by Gasteiger charge is 2.40. The van der Waals surface area contributed by atoms with Crippen LogP contribution in [0, 0.1) is 0 Å². The van der Waals surface area contributed by atoms with Crippen LogP contribution in [0.3, 0.4) is 0 Å². The third-order valence-corrected chi connectivity index (χ3v) is 4.24. The van der Waals surface area contributed by atoms with Crippen LogP contribution in [0.2, 0.25) is 0 Å². The van der Waals surface area contributed by atoms with Crippen LogP contribution in [0.15, 0.2) is 0 Å². The second-order valence-electron chi connectivity index (χ2n) is 5.80. The first-order chi connectivity index (χ1) is 9.99. The molecule has 0 saturated heterocycles. The number of aromatic nitrogens is 3. The Labute approximate surface area is 121 Å². The van der Waals surface area contributed by atoms with E-state index in [1.54, 1.807) is 0 Å². The summed E-state index contributed by atoms with van der Waals surface area (Å²) in [4.78, 5) is 2.21. The van der Waals surface area contributed by atoms with Crippen LogP contribution in [0.5, 0.6) is 0 Å². The maximum Gasteiger partial charge on any atom is 0.451 e. The van der Waals surface area contributed by atoms with Gasteiger partial charge in [-0.1, -0.05) is 6.92 Å². The first-order valence-corrected chi connectivity index (χ1v) is 7.45. The number of hydrogen-bond acceptors (Lipinski definition) is 4. The van der Waals surface area contributed by atoms with E-state index in [1.165, 1.54) is 17.4 Å². The summed E-state index contributed by atoms with van der Waals surface area (Å²) in [7, 11) is 0.